The van der Waals surface area contributed by atoms with E-state index in [9.17, 15) is 9.90 Å². The number of aromatic nitrogens is 1. The van der Waals surface area contributed by atoms with Crippen LogP contribution in [0.2, 0.25) is 0 Å². The highest BCUT2D eigenvalue weighted by Crippen LogP contribution is 2.30. The molecule has 4 nitrogen and oxygen atoms in total. The Kier molecular flexibility index (Phi) is 4.28. The van der Waals surface area contributed by atoms with Crippen molar-refractivity contribution in [1.29, 1.82) is 0 Å². The van der Waals surface area contributed by atoms with Crippen molar-refractivity contribution in [3.63, 3.8) is 0 Å². The third kappa shape index (κ3) is 3.22. The van der Waals surface area contributed by atoms with E-state index in [1.807, 2.05) is 12.3 Å². The number of ether oxygens (including phenoxy) is 1. The lowest BCUT2D eigenvalue weighted by molar-refractivity contribution is -0.153. The number of fused-ring (bicyclic) bond motifs is 1. The summed E-state index contributed by atoms with van der Waals surface area (Å²) in [6.07, 6.45) is 2.35. The molecule has 0 aliphatic rings. The molecular weight excluding hydrogens is 266 g/mol. The van der Waals surface area contributed by atoms with E-state index < -0.39 is 12.1 Å². The third-order valence-electron chi connectivity index (χ3n) is 3.42. The lowest BCUT2D eigenvalue weighted by atomic mass is 9.85. The van der Waals surface area contributed by atoms with E-state index in [1.165, 1.54) is 0 Å². The van der Waals surface area contributed by atoms with Crippen molar-refractivity contribution in [2.24, 2.45) is 0 Å². The van der Waals surface area contributed by atoms with Crippen LogP contribution in [-0.4, -0.2) is 22.7 Å². The first-order valence-electron chi connectivity index (χ1n) is 7.07. The topological polar surface area (TPSA) is 59.4 Å². The Labute approximate surface area is 124 Å². The molecule has 0 amide bonds. The van der Waals surface area contributed by atoms with E-state index >= 15 is 0 Å². The van der Waals surface area contributed by atoms with Crippen LogP contribution >= 0.6 is 0 Å². The van der Waals surface area contributed by atoms with Crippen LogP contribution in [0.25, 0.3) is 10.8 Å². The van der Waals surface area contributed by atoms with Gasteiger partial charge in [-0.3, -0.25) is 4.98 Å². The fraction of sp³-hybridized carbons (Fsp3) is 0.412. The zero-order valence-electron chi connectivity index (χ0n) is 12.9. The fourth-order valence-electron chi connectivity index (χ4n) is 2.32. The lowest BCUT2D eigenvalue weighted by Crippen LogP contribution is -2.15. The Morgan fingerprint density at radius 2 is 2.05 bits per heavy atom. The molecule has 0 bridgehead atoms. The molecule has 1 N–H and O–H groups in total. The van der Waals surface area contributed by atoms with Crippen LogP contribution in [0.1, 0.15) is 44.9 Å². The zero-order valence-corrected chi connectivity index (χ0v) is 12.9. The van der Waals surface area contributed by atoms with Gasteiger partial charge in [-0.15, -0.1) is 0 Å². The molecule has 21 heavy (non-hydrogen) atoms. The molecule has 0 spiro atoms. The molecular formula is C17H21NO3. The number of hydrogen-bond acceptors (Lipinski definition) is 4. The van der Waals surface area contributed by atoms with Crippen LogP contribution in [0, 0.1) is 0 Å². The molecule has 0 saturated carbocycles. The van der Waals surface area contributed by atoms with E-state index in [0.717, 1.165) is 16.3 Å². The smallest absolute Gasteiger partial charge is 0.339 e. The molecule has 1 atom stereocenters. The van der Waals surface area contributed by atoms with Crippen molar-refractivity contribution in [3.05, 3.63) is 41.7 Å². The van der Waals surface area contributed by atoms with E-state index in [4.69, 9.17) is 4.74 Å². The SMILES string of the molecule is CCOC(=O)C(O)c1ccc2c(C(C)(C)C)cncc2c1. The van der Waals surface area contributed by atoms with Crippen LogP contribution in [0.3, 0.4) is 0 Å². The van der Waals surface area contributed by atoms with E-state index in [0.29, 0.717) is 5.56 Å². The zero-order chi connectivity index (χ0) is 15.6. The first kappa shape index (κ1) is 15.4. The molecule has 0 fully saturated rings. The number of benzene rings is 1. The second kappa shape index (κ2) is 5.82. The summed E-state index contributed by atoms with van der Waals surface area (Å²) in [6.45, 7) is 8.35. The highest BCUT2D eigenvalue weighted by Gasteiger charge is 2.21. The highest BCUT2D eigenvalue weighted by molar-refractivity contribution is 5.87. The molecule has 4 heteroatoms. The van der Waals surface area contributed by atoms with E-state index in [1.54, 1.807) is 25.3 Å². The van der Waals surface area contributed by atoms with Crippen LogP contribution in [0.5, 0.6) is 0 Å². The number of aliphatic hydroxyl groups excluding tert-OH is 1. The van der Waals surface area contributed by atoms with Gasteiger partial charge in [-0.1, -0.05) is 32.9 Å². The molecule has 1 heterocycles. The Bertz CT molecular complexity index is 659. The van der Waals surface area contributed by atoms with Gasteiger partial charge in [0.1, 0.15) is 0 Å². The van der Waals surface area contributed by atoms with Gasteiger partial charge in [0.2, 0.25) is 0 Å². The molecule has 1 unspecified atom stereocenters. The van der Waals surface area contributed by atoms with Crippen molar-refractivity contribution < 1.29 is 14.6 Å². The molecule has 2 rings (SSSR count). The van der Waals surface area contributed by atoms with Crippen molar-refractivity contribution in [2.45, 2.75) is 39.2 Å². The molecule has 112 valence electrons. The second-order valence-corrected chi connectivity index (χ2v) is 6.07. The van der Waals surface area contributed by atoms with Crippen LogP contribution < -0.4 is 0 Å². The molecule has 0 radical (unpaired) electrons. The number of carbonyl (C=O) groups excluding carboxylic acids is 1. The number of carbonyl (C=O) groups is 1. The molecule has 1 aromatic carbocycles. The predicted octanol–water partition coefficient (Wildman–Crippen LogP) is 3.13. The number of pyridine rings is 1. The van der Waals surface area contributed by atoms with E-state index in [-0.39, 0.29) is 12.0 Å². The summed E-state index contributed by atoms with van der Waals surface area (Å²) in [5.41, 5.74) is 1.64. The number of esters is 1. The van der Waals surface area contributed by atoms with Crippen molar-refractivity contribution in [3.8, 4) is 0 Å². The molecule has 0 aliphatic heterocycles. The predicted molar refractivity (Wildman–Crippen MR) is 82.0 cm³/mol. The number of rotatable bonds is 3. The van der Waals surface area contributed by atoms with Crippen LogP contribution in [-0.2, 0) is 14.9 Å². The largest absolute Gasteiger partial charge is 0.464 e. The number of hydrogen-bond donors (Lipinski definition) is 1. The molecule has 0 aliphatic carbocycles. The highest BCUT2D eigenvalue weighted by atomic mass is 16.5. The van der Waals surface area contributed by atoms with Crippen LogP contribution in [0.15, 0.2) is 30.6 Å². The average molecular weight is 287 g/mol. The third-order valence-corrected chi connectivity index (χ3v) is 3.42. The fourth-order valence-corrected chi connectivity index (χ4v) is 2.32. The Morgan fingerprint density at radius 1 is 1.33 bits per heavy atom. The summed E-state index contributed by atoms with van der Waals surface area (Å²) < 4.78 is 4.84. The summed E-state index contributed by atoms with van der Waals surface area (Å²) >= 11 is 0. The van der Waals surface area contributed by atoms with Gasteiger partial charge in [0.05, 0.1) is 6.61 Å². The second-order valence-electron chi connectivity index (χ2n) is 6.07. The van der Waals surface area contributed by atoms with Gasteiger partial charge < -0.3 is 9.84 Å². The summed E-state index contributed by atoms with van der Waals surface area (Å²) in [6, 6.07) is 5.48. The van der Waals surface area contributed by atoms with Crippen molar-refractivity contribution in [2.75, 3.05) is 6.61 Å². The summed E-state index contributed by atoms with van der Waals surface area (Å²) in [4.78, 5) is 15.9. The summed E-state index contributed by atoms with van der Waals surface area (Å²) in [7, 11) is 0. The molecule has 1 aromatic heterocycles. The van der Waals surface area contributed by atoms with Gasteiger partial charge in [-0.05, 0) is 34.9 Å². The van der Waals surface area contributed by atoms with Crippen LogP contribution in [0.4, 0.5) is 0 Å². The van der Waals surface area contributed by atoms with E-state index in [2.05, 4.69) is 25.8 Å². The Hall–Kier alpha value is -1.94. The first-order valence-corrected chi connectivity index (χ1v) is 7.07. The van der Waals surface area contributed by atoms with Crippen molar-refractivity contribution in [1.82, 2.24) is 4.98 Å². The number of nitrogens with zero attached hydrogens (tertiary/aromatic N) is 1. The van der Waals surface area contributed by atoms with Gasteiger partial charge in [0.15, 0.2) is 6.10 Å². The van der Waals surface area contributed by atoms with Gasteiger partial charge in [0, 0.05) is 17.8 Å². The summed E-state index contributed by atoms with van der Waals surface area (Å²) in [5.74, 6) is -0.628. The Balaban J connectivity index is 2.46. The van der Waals surface area contributed by atoms with Crippen molar-refractivity contribution >= 4 is 16.7 Å². The quantitative estimate of drug-likeness (QED) is 0.881. The monoisotopic (exact) mass is 287 g/mol. The maximum absolute atomic E-state index is 11.6. The van der Waals surface area contributed by atoms with Gasteiger partial charge in [-0.25, -0.2) is 4.79 Å². The minimum Gasteiger partial charge on any atom is -0.464 e. The Morgan fingerprint density at radius 3 is 2.67 bits per heavy atom. The maximum Gasteiger partial charge on any atom is 0.339 e. The standard InChI is InChI=1S/C17H21NO3/c1-5-21-16(20)15(19)11-6-7-13-12(8-11)9-18-10-14(13)17(2,3)4/h6-10,15,19H,5H2,1-4H3. The lowest BCUT2D eigenvalue weighted by Gasteiger charge is -2.21. The van der Waals surface area contributed by atoms with Gasteiger partial charge >= 0.3 is 5.97 Å². The minimum atomic E-state index is -1.26. The van der Waals surface area contributed by atoms with Gasteiger partial charge in [-0.2, -0.15) is 0 Å². The molecule has 2 aromatic rings. The maximum atomic E-state index is 11.6. The normalized spacial score (nSPS) is 13.2. The average Bonchev–Trinajstić information content (AvgIpc) is 2.44. The first-order chi connectivity index (χ1) is 9.84. The van der Waals surface area contributed by atoms with Gasteiger partial charge in [0.25, 0.3) is 0 Å². The number of aliphatic hydroxyl groups is 1. The molecule has 0 saturated heterocycles. The minimum absolute atomic E-state index is 0.0201. The summed E-state index contributed by atoms with van der Waals surface area (Å²) in [5, 5.41) is 12.0.